The number of benzene rings is 8. The highest BCUT2D eigenvalue weighted by atomic mass is 14.2. The molecule has 0 heterocycles. The predicted molar refractivity (Wildman–Crippen MR) is 236 cm³/mol. The molecule has 0 N–H and O–H groups in total. The summed E-state index contributed by atoms with van der Waals surface area (Å²) in [6, 6.07) is 53.9. The Morgan fingerprint density at radius 1 is 0.434 bits per heavy atom. The quantitative estimate of drug-likeness (QED) is 0.147. The van der Waals surface area contributed by atoms with E-state index in [1.165, 1.54) is 99.1 Å². The summed E-state index contributed by atoms with van der Waals surface area (Å²) in [7, 11) is 0. The largest absolute Gasteiger partial charge is 0.0871 e. The van der Waals surface area contributed by atoms with Gasteiger partial charge in [-0.3, -0.25) is 0 Å². The molecular weight excluding hydrogens is 637 g/mol. The molecule has 0 spiro atoms. The van der Waals surface area contributed by atoms with Gasteiger partial charge in [-0.2, -0.15) is 0 Å². The van der Waals surface area contributed by atoms with Crippen molar-refractivity contribution in [3.8, 4) is 44.5 Å². The van der Waals surface area contributed by atoms with Crippen LogP contribution in [-0.2, 0) is 6.42 Å². The summed E-state index contributed by atoms with van der Waals surface area (Å²) in [4.78, 5) is 0. The lowest BCUT2D eigenvalue weighted by Crippen LogP contribution is -1.98. The highest BCUT2D eigenvalue weighted by Gasteiger charge is 2.16. The third kappa shape index (κ3) is 6.62. The van der Waals surface area contributed by atoms with Gasteiger partial charge in [0.05, 0.1) is 0 Å². The lowest BCUT2D eigenvalue weighted by Gasteiger charge is -2.18. The Morgan fingerprint density at radius 2 is 0.906 bits per heavy atom. The van der Waals surface area contributed by atoms with Gasteiger partial charge >= 0.3 is 0 Å². The van der Waals surface area contributed by atoms with E-state index in [0.29, 0.717) is 0 Å². The summed E-state index contributed by atoms with van der Waals surface area (Å²) >= 11 is 0. The SMILES string of the molecule is C/C=C\c1cc(-c2cccc(-c3ccc(-c4cccc(-c5cc6ccccc6c6ccccc56)c4)c4ccccc34)c2)c(/C=C\C)c(C)c1CC.CC. The Hall–Kier alpha value is -5.98. The molecule has 0 nitrogen and oxygen atoms in total. The zero-order chi connectivity index (χ0) is 36.9. The summed E-state index contributed by atoms with van der Waals surface area (Å²) in [5.41, 5.74) is 15.3. The summed E-state index contributed by atoms with van der Waals surface area (Å²) in [6.07, 6.45) is 9.85. The second kappa shape index (κ2) is 15.7. The van der Waals surface area contributed by atoms with Crippen LogP contribution in [0, 0.1) is 6.92 Å². The molecule has 0 heteroatoms. The summed E-state index contributed by atoms with van der Waals surface area (Å²) < 4.78 is 0. The first-order chi connectivity index (χ1) is 26.1. The average molecular weight is 685 g/mol. The Labute approximate surface area is 315 Å². The van der Waals surface area contributed by atoms with E-state index >= 15 is 0 Å². The Kier molecular flexibility index (Phi) is 10.5. The highest BCUT2D eigenvalue weighted by Crippen LogP contribution is 2.41. The molecule has 0 unspecified atom stereocenters. The normalized spacial score (nSPS) is 11.5. The van der Waals surface area contributed by atoms with Gasteiger partial charge in [-0.05, 0) is 151 Å². The van der Waals surface area contributed by atoms with Gasteiger partial charge < -0.3 is 0 Å². The van der Waals surface area contributed by atoms with Gasteiger partial charge in [-0.15, -0.1) is 0 Å². The van der Waals surface area contributed by atoms with Crippen molar-refractivity contribution in [2.24, 2.45) is 0 Å². The molecule has 260 valence electrons. The molecule has 0 aliphatic carbocycles. The standard InChI is InChI=1S/C51H42.C2H6/c1-5-16-35-32-50(42(17-6-2)34(4)41(35)7-3)38-21-14-19-36(30-38)44-28-29-45(48-26-11-10-25-47(44)48)37-20-15-22-39(31-37)51-33-40-18-8-9-23-43(40)46-24-12-13-27-49(46)51;1-2/h5-6,8-33H,7H2,1-4H3;1-2H3/b16-5-,17-6-;. The molecule has 0 saturated carbocycles. The lowest BCUT2D eigenvalue weighted by molar-refractivity contribution is 1.10. The van der Waals surface area contributed by atoms with Crippen molar-refractivity contribution >= 4 is 44.5 Å². The molecule has 0 aliphatic heterocycles. The van der Waals surface area contributed by atoms with Gasteiger partial charge in [0, 0.05) is 0 Å². The minimum absolute atomic E-state index is 1.01. The Bertz CT molecular complexity index is 2650. The van der Waals surface area contributed by atoms with Crippen molar-refractivity contribution in [2.45, 2.75) is 48.0 Å². The molecule has 0 radical (unpaired) electrons. The van der Waals surface area contributed by atoms with Gasteiger partial charge in [-0.1, -0.05) is 166 Å². The van der Waals surface area contributed by atoms with Crippen LogP contribution >= 0.6 is 0 Å². The summed E-state index contributed by atoms with van der Waals surface area (Å²) in [5, 5.41) is 7.65. The smallest absolute Gasteiger partial charge is 0.00988 e. The van der Waals surface area contributed by atoms with E-state index in [2.05, 4.69) is 198 Å². The Morgan fingerprint density at radius 3 is 1.45 bits per heavy atom. The van der Waals surface area contributed by atoms with Crippen LogP contribution < -0.4 is 0 Å². The molecule has 0 amide bonds. The van der Waals surface area contributed by atoms with E-state index in [1.807, 2.05) is 13.8 Å². The van der Waals surface area contributed by atoms with Crippen LogP contribution in [0.2, 0.25) is 0 Å². The predicted octanol–water partition coefficient (Wildman–Crippen LogP) is 15.8. The van der Waals surface area contributed by atoms with Crippen LogP contribution in [0.25, 0.3) is 89.0 Å². The number of hydrogen-bond acceptors (Lipinski definition) is 0. The molecule has 0 atom stereocenters. The van der Waals surface area contributed by atoms with Crippen LogP contribution in [0.1, 0.15) is 56.9 Å². The van der Waals surface area contributed by atoms with Gasteiger partial charge in [0.2, 0.25) is 0 Å². The third-order valence-electron chi connectivity index (χ3n) is 10.5. The fourth-order valence-electron chi connectivity index (χ4n) is 8.12. The molecular formula is C53H48. The zero-order valence-corrected chi connectivity index (χ0v) is 31.9. The summed E-state index contributed by atoms with van der Waals surface area (Å²) in [5.74, 6) is 0. The van der Waals surface area contributed by atoms with Crippen molar-refractivity contribution in [1.82, 2.24) is 0 Å². The first-order valence-corrected chi connectivity index (χ1v) is 19.1. The van der Waals surface area contributed by atoms with Gasteiger partial charge in [-0.25, -0.2) is 0 Å². The first-order valence-electron chi connectivity index (χ1n) is 19.1. The van der Waals surface area contributed by atoms with Crippen molar-refractivity contribution in [3.63, 3.8) is 0 Å². The average Bonchev–Trinajstić information content (AvgIpc) is 3.22. The summed E-state index contributed by atoms with van der Waals surface area (Å²) in [6.45, 7) is 12.7. The second-order valence-corrected chi connectivity index (χ2v) is 13.4. The van der Waals surface area contributed by atoms with E-state index < -0.39 is 0 Å². The van der Waals surface area contributed by atoms with E-state index in [0.717, 1.165) is 6.42 Å². The monoisotopic (exact) mass is 684 g/mol. The van der Waals surface area contributed by atoms with E-state index in [1.54, 1.807) is 0 Å². The number of rotatable bonds is 7. The van der Waals surface area contributed by atoms with Crippen LogP contribution in [0.15, 0.2) is 158 Å². The van der Waals surface area contributed by atoms with Crippen LogP contribution in [0.4, 0.5) is 0 Å². The molecule has 0 bridgehead atoms. The number of allylic oxidation sites excluding steroid dienone is 2. The van der Waals surface area contributed by atoms with Gasteiger partial charge in [0.25, 0.3) is 0 Å². The molecule has 0 aliphatic rings. The molecule has 0 saturated heterocycles. The van der Waals surface area contributed by atoms with Crippen LogP contribution in [-0.4, -0.2) is 0 Å². The van der Waals surface area contributed by atoms with Crippen LogP contribution in [0.3, 0.4) is 0 Å². The van der Waals surface area contributed by atoms with Gasteiger partial charge in [0.15, 0.2) is 0 Å². The molecule has 8 rings (SSSR count). The highest BCUT2D eigenvalue weighted by molar-refractivity contribution is 6.14. The zero-order valence-electron chi connectivity index (χ0n) is 31.9. The van der Waals surface area contributed by atoms with E-state index in [-0.39, 0.29) is 0 Å². The minimum atomic E-state index is 1.01. The maximum Gasteiger partial charge on any atom is -0.00988 e. The fraction of sp³-hybridized carbons (Fsp3) is 0.132. The third-order valence-corrected chi connectivity index (χ3v) is 10.5. The maximum absolute atomic E-state index is 2.38. The van der Waals surface area contributed by atoms with Crippen molar-refractivity contribution in [1.29, 1.82) is 0 Å². The topological polar surface area (TPSA) is 0 Å². The van der Waals surface area contributed by atoms with Crippen molar-refractivity contribution in [2.75, 3.05) is 0 Å². The minimum Gasteiger partial charge on any atom is -0.0871 e. The molecule has 8 aromatic carbocycles. The maximum atomic E-state index is 2.38. The van der Waals surface area contributed by atoms with E-state index in [4.69, 9.17) is 0 Å². The molecule has 0 aromatic heterocycles. The van der Waals surface area contributed by atoms with Crippen molar-refractivity contribution < 1.29 is 0 Å². The first kappa shape index (κ1) is 35.4. The molecule has 0 fully saturated rings. The lowest BCUT2D eigenvalue weighted by atomic mass is 9.86. The molecule has 8 aromatic rings. The van der Waals surface area contributed by atoms with Crippen LogP contribution in [0.5, 0.6) is 0 Å². The number of fused-ring (bicyclic) bond motifs is 4. The molecule has 53 heavy (non-hydrogen) atoms. The second-order valence-electron chi connectivity index (χ2n) is 13.4. The van der Waals surface area contributed by atoms with Crippen molar-refractivity contribution in [3.05, 3.63) is 180 Å². The fourth-order valence-corrected chi connectivity index (χ4v) is 8.12. The van der Waals surface area contributed by atoms with E-state index in [9.17, 15) is 0 Å². The number of hydrogen-bond donors (Lipinski definition) is 0. The Balaban J connectivity index is 0.00000214. The van der Waals surface area contributed by atoms with Gasteiger partial charge in [0.1, 0.15) is 0 Å².